The van der Waals surface area contributed by atoms with Crippen molar-refractivity contribution in [3.63, 3.8) is 0 Å². The van der Waals surface area contributed by atoms with Gasteiger partial charge in [-0.15, -0.1) is 0 Å². The van der Waals surface area contributed by atoms with Crippen molar-refractivity contribution in [2.45, 2.75) is 31.0 Å². The number of sulfone groups is 1. The van der Waals surface area contributed by atoms with Crippen molar-refractivity contribution in [2.75, 3.05) is 23.0 Å². The quantitative estimate of drug-likeness (QED) is 0.701. The molecule has 2 aliphatic rings. The third-order valence-corrected chi connectivity index (χ3v) is 5.86. The Morgan fingerprint density at radius 1 is 1.33 bits per heavy atom. The zero-order chi connectivity index (χ0) is 10.9. The molecule has 0 saturated carbocycles. The molecule has 0 aromatic carbocycles. The maximum Gasteiger partial charge on any atom is 0.154 e. The Kier molecular flexibility index (Phi) is 3.59. The van der Waals surface area contributed by atoms with E-state index in [0.717, 1.165) is 12.2 Å². The molecule has 0 aromatic heterocycles. The van der Waals surface area contributed by atoms with E-state index in [4.69, 9.17) is 0 Å². The molecule has 15 heavy (non-hydrogen) atoms. The predicted octanol–water partition coefficient (Wildman–Crippen LogP) is -0.370. The Balaban J connectivity index is 1.89. The SMILES string of the molecule is O=S1(=O)CC(O)C(NC2CCCSC2)C1. The average molecular weight is 251 g/mol. The molecule has 2 fully saturated rings. The van der Waals surface area contributed by atoms with Crippen LogP contribution in [-0.2, 0) is 9.84 Å². The normalized spacial score (nSPS) is 40.5. The van der Waals surface area contributed by atoms with Gasteiger partial charge in [-0.2, -0.15) is 11.8 Å². The standard InChI is InChI=1S/C9H17NO3S2/c11-9-6-15(12,13)5-8(9)10-7-2-1-3-14-4-7/h7-11H,1-6H2. The van der Waals surface area contributed by atoms with Crippen molar-refractivity contribution in [1.29, 1.82) is 0 Å². The van der Waals surface area contributed by atoms with Crippen molar-refractivity contribution in [2.24, 2.45) is 0 Å². The van der Waals surface area contributed by atoms with Crippen LogP contribution in [0.3, 0.4) is 0 Å². The summed E-state index contributed by atoms with van der Waals surface area (Å²) in [6.45, 7) is 0. The molecule has 2 N–H and O–H groups in total. The first kappa shape index (κ1) is 11.7. The molecule has 88 valence electrons. The number of nitrogens with one attached hydrogen (secondary N) is 1. The van der Waals surface area contributed by atoms with E-state index >= 15 is 0 Å². The van der Waals surface area contributed by atoms with E-state index in [0.29, 0.717) is 6.04 Å². The number of thioether (sulfide) groups is 1. The van der Waals surface area contributed by atoms with Crippen molar-refractivity contribution in [3.8, 4) is 0 Å². The summed E-state index contributed by atoms with van der Waals surface area (Å²) in [5.74, 6) is 2.24. The highest BCUT2D eigenvalue weighted by Gasteiger charge is 2.37. The van der Waals surface area contributed by atoms with Gasteiger partial charge in [0.1, 0.15) is 0 Å². The molecule has 0 aliphatic carbocycles. The lowest BCUT2D eigenvalue weighted by Gasteiger charge is -2.26. The second-order valence-electron chi connectivity index (χ2n) is 4.33. The summed E-state index contributed by atoms with van der Waals surface area (Å²) in [6.07, 6.45) is 1.55. The van der Waals surface area contributed by atoms with Gasteiger partial charge >= 0.3 is 0 Å². The van der Waals surface area contributed by atoms with Crippen LogP contribution in [0.15, 0.2) is 0 Å². The lowest BCUT2D eigenvalue weighted by molar-refractivity contribution is 0.159. The highest BCUT2D eigenvalue weighted by Crippen LogP contribution is 2.20. The monoisotopic (exact) mass is 251 g/mol. The Bertz CT molecular complexity index is 311. The maximum absolute atomic E-state index is 11.3. The number of rotatable bonds is 2. The lowest BCUT2D eigenvalue weighted by atomic mass is 10.1. The van der Waals surface area contributed by atoms with E-state index in [1.54, 1.807) is 0 Å². The lowest BCUT2D eigenvalue weighted by Crippen LogP contribution is -2.46. The molecule has 3 unspecified atom stereocenters. The molecule has 2 saturated heterocycles. The molecule has 6 heteroatoms. The second-order valence-corrected chi connectivity index (χ2v) is 7.64. The van der Waals surface area contributed by atoms with Gasteiger partial charge < -0.3 is 10.4 Å². The third-order valence-electron chi connectivity index (χ3n) is 2.93. The van der Waals surface area contributed by atoms with Gasteiger partial charge in [0.15, 0.2) is 9.84 Å². The van der Waals surface area contributed by atoms with Crippen LogP contribution < -0.4 is 5.32 Å². The van der Waals surface area contributed by atoms with Gasteiger partial charge in [-0.05, 0) is 18.6 Å². The van der Waals surface area contributed by atoms with E-state index in [-0.39, 0.29) is 17.5 Å². The molecule has 3 atom stereocenters. The fourth-order valence-corrected chi connectivity index (χ4v) is 5.00. The molecule has 2 aliphatic heterocycles. The van der Waals surface area contributed by atoms with Crippen LogP contribution >= 0.6 is 11.8 Å². The predicted molar refractivity (Wildman–Crippen MR) is 61.9 cm³/mol. The summed E-state index contributed by atoms with van der Waals surface area (Å²) < 4.78 is 22.6. The van der Waals surface area contributed by atoms with Crippen LogP contribution in [-0.4, -0.2) is 54.7 Å². The minimum Gasteiger partial charge on any atom is -0.390 e. The van der Waals surface area contributed by atoms with Gasteiger partial charge in [0, 0.05) is 17.8 Å². The summed E-state index contributed by atoms with van der Waals surface area (Å²) in [6, 6.07) is 0.121. The first-order valence-electron chi connectivity index (χ1n) is 5.29. The first-order chi connectivity index (χ1) is 7.07. The Labute approximate surface area is 94.7 Å². The van der Waals surface area contributed by atoms with Crippen LogP contribution in [0, 0.1) is 0 Å². The fourth-order valence-electron chi connectivity index (χ4n) is 2.16. The largest absolute Gasteiger partial charge is 0.390 e. The molecule has 0 amide bonds. The highest BCUT2D eigenvalue weighted by molar-refractivity contribution is 7.99. The van der Waals surface area contributed by atoms with Gasteiger partial charge in [-0.1, -0.05) is 0 Å². The summed E-state index contributed by atoms with van der Waals surface area (Å²) in [5.41, 5.74) is 0. The number of aliphatic hydroxyl groups is 1. The second kappa shape index (κ2) is 4.61. The fraction of sp³-hybridized carbons (Fsp3) is 1.00. The summed E-state index contributed by atoms with van der Waals surface area (Å²) in [4.78, 5) is 0. The van der Waals surface area contributed by atoms with Gasteiger partial charge in [0.05, 0.1) is 17.6 Å². The molecule has 0 radical (unpaired) electrons. The van der Waals surface area contributed by atoms with E-state index < -0.39 is 15.9 Å². The van der Waals surface area contributed by atoms with Crippen LogP contribution in [0.4, 0.5) is 0 Å². The Morgan fingerprint density at radius 2 is 2.13 bits per heavy atom. The smallest absolute Gasteiger partial charge is 0.154 e. The summed E-state index contributed by atoms with van der Waals surface area (Å²) in [7, 11) is -3.01. The molecule has 2 rings (SSSR count). The molecule has 0 spiro atoms. The average Bonchev–Trinajstić information content (AvgIpc) is 2.41. The number of hydrogen-bond acceptors (Lipinski definition) is 5. The topological polar surface area (TPSA) is 66.4 Å². The van der Waals surface area contributed by atoms with Crippen LogP contribution in [0.1, 0.15) is 12.8 Å². The Morgan fingerprint density at radius 3 is 2.67 bits per heavy atom. The Hall–Kier alpha value is 0.220. The van der Waals surface area contributed by atoms with Gasteiger partial charge in [-0.25, -0.2) is 8.42 Å². The summed E-state index contributed by atoms with van der Waals surface area (Å²) in [5, 5.41) is 12.9. The van der Waals surface area contributed by atoms with Crippen molar-refractivity contribution >= 4 is 21.6 Å². The van der Waals surface area contributed by atoms with Crippen LogP contribution in [0.5, 0.6) is 0 Å². The van der Waals surface area contributed by atoms with Gasteiger partial charge in [0.25, 0.3) is 0 Å². The molecule has 0 bridgehead atoms. The molecular formula is C9H17NO3S2. The van der Waals surface area contributed by atoms with Gasteiger partial charge in [0.2, 0.25) is 0 Å². The minimum atomic E-state index is -3.01. The number of aliphatic hydroxyl groups excluding tert-OH is 1. The van der Waals surface area contributed by atoms with Crippen LogP contribution in [0.25, 0.3) is 0 Å². The number of hydrogen-bond donors (Lipinski definition) is 2. The van der Waals surface area contributed by atoms with Crippen LogP contribution in [0.2, 0.25) is 0 Å². The van der Waals surface area contributed by atoms with Crippen molar-refractivity contribution in [3.05, 3.63) is 0 Å². The molecule has 2 heterocycles. The van der Waals surface area contributed by atoms with Crippen molar-refractivity contribution < 1.29 is 13.5 Å². The zero-order valence-electron chi connectivity index (χ0n) is 8.55. The third kappa shape index (κ3) is 3.09. The van der Waals surface area contributed by atoms with E-state index in [2.05, 4.69) is 5.32 Å². The highest BCUT2D eigenvalue weighted by atomic mass is 32.2. The summed E-state index contributed by atoms with van der Waals surface area (Å²) >= 11 is 1.89. The van der Waals surface area contributed by atoms with E-state index in [1.807, 2.05) is 11.8 Å². The minimum absolute atomic E-state index is 0.0788. The van der Waals surface area contributed by atoms with E-state index in [9.17, 15) is 13.5 Å². The zero-order valence-corrected chi connectivity index (χ0v) is 10.2. The molecule has 0 aromatic rings. The van der Waals surface area contributed by atoms with Gasteiger partial charge in [-0.3, -0.25) is 0 Å². The first-order valence-corrected chi connectivity index (χ1v) is 8.27. The van der Waals surface area contributed by atoms with Crippen molar-refractivity contribution in [1.82, 2.24) is 5.32 Å². The molecular weight excluding hydrogens is 234 g/mol. The molecule has 4 nitrogen and oxygen atoms in total. The van der Waals surface area contributed by atoms with E-state index in [1.165, 1.54) is 12.2 Å². The maximum atomic E-state index is 11.3.